The zero-order chi connectivity index (χ0) is 13.2. The highest BCUT2D eigenvalue weighted by Crippen LogP contribution is 2.31. The fourth-order valence-corrected chi connectivity index (χ4v) is 2.46. The van der Waals surface area contributed by atoms with Crippen LogP contribution in [-0.2, 0) is 0 Å². The van der Waals surface area contributed by atoms with Crippen molar-refractivity contribution in [2.45, 2.75) is 6.92 Å². The van der Waals surface area contributed by atoms with Gasteiger partial charge in [-0.2, -0.15) is 0 Å². The van der Waals surface area contributed by atoms with Crippen molar-refractivity contribution in [2.75, 3.05) is 7.11 Å². The van der Waals surface area contributed by atoms with Gasteiger partial charge in [0.05, 0.1) is 7.11 Å². The van der Waals surface area contributed by atoms with Crippen LogP contribution in [0.15, 0.2) is 60.7 Å². The van der Waals surface area contributed by atoms with E-state index in [1.54, 1.807) is 7.11 Å². The van der Waals surface area contributed by atoms with Crippen LogP contribution in [0.5, 0.6) is 5.75 Å². The van der Waals surface area contributed by atoms with Crippen LogP contribution in [0, 0.1) is 6.92 Å². The molecule has 3 aromatic carbocycles. The van der Waals surface area contributed by atoms with Gasteiger partial charge in [-0.15, -0.1) is 0 Å². The second kappa shape index (κ2) is 4.77. The van der Waals surface area contributed by atoms with Gasteiger partial charge in [0.2, 0.25) is 0 Å². The van der Waals surface area contributed by atoms with Gasteiger partial charge >= 0.3 is 0 Å². The summed E-state index contributed by atoms with van der Waals surface area (Å²) in [5.74, 6) is 0.936. The lowest BCUT2D eigenvalue weighted by atomic mass is 9.97. The number of benzene rings is 3. The fraction of sp³-hybridized carbons (Fsp3) is 0.111. The number of ether oxygens (including phenoxy) is 1. The summed E-state index contributed by atoms with van der Waals surface area (Å²) in [6.45, 7) is 2.06. The number of fused-ring (bicyclic) bond motifs is 1. The quantitative estimate of drug-likeness (QED) is 0.631. The zero-order valence-electron chi connectivity index (χ0n) is 11.2. The topological polar surface area (TPSA) is 9.23 Å². The van der Waals surface area contributed by atoms with Gasteiger partial charge in [-0.05, 0) is 40.5 Å². The molecule has 0 aliphatic carbocycles. The van der Waals surface area contributed by atoms with Crippen molar-refractivity contribution < 1.29 is 4.74 Å². The van der Waals surface area contributed by atoms with Crippen LogP contribution in [0.4, 0.5) is 0 Å². The number of rotatable bonds is 2. The van der Waals surface area contributed by atoms with Gasteiger partial charge in [-0.3, -0.25) is 0 Å². The monoisotopic (exact) mass is 248 g/mol. The van der Waals surface area contributed by atoms with Crippen molar-refractivity contribution in [2.24, 2.45) is 0 Å². The molecule has 1 heteroatoms. The van der Waals surface area contributed by atoms with E-state index in [1.807, 2.05) is 0 Å². The lowest BCUT2D eigenvalue weighted by Gasteiger charge is -2.10. The van der Waals surface area contributed by atoms with E-state index in [-0.39, 0.29) is 0 Å². The van der Waals surface area contributed by atoms with Gasteiger partial charge < -0.3 is 4.74 Å². The van der Waals surface area contributed by atoms with Gasteiger partial charge in [0.25, 0.3) is 0 Å². The molecule has 0 saturated heterocycles. The summed E-state index contributed by atoms with van der Waals surface area (Å²) in [5.41, 5.74) is 3.60. The summed E-state index contributed by atoms with van der Waals surface area (Å²) in [5, 5.41) is 2.54. The van der Waals surface area contributed by atoms with E-state index in [2.05, 4.69) is 67.6 Å². The second-order valence-electron chi connectivity index (χ2n) is 4.71. The van der Waals surface area contributed by atoms with Crippen molar-refractivity contribution in [1.29, 1.82) is 0 Å². The molecule has 1 nitrogen and oxygen atoms in total. The minimum absolute atomic E-state index is 0.936. The summed E-state index contributed by atoms with van der Waals surface area (Å²) < 4.78 is 5.42. The van der Waals surface area contributed by atoms with Gasteiger partial charge in [0.1, 0.15) is 5.75 Å². The normalized spacial score (nSPS) is 10.6. The molecule has 3 aromatic rings. The molecule has 0 aliphatic heterocycles. The molecule has 0 amide bonds. The summed E-state index contributed by atoms with van der Waals surface area (Å²) in [6, 6.07) is 21.2. The van der Waals surface area contributed by atoms with Crippen LogP contribution < -0.4 is 4.74 Å². The maximum Gasteiger partial charge on any atom is 0.122 e. The summed E-state index contributed by atoms with van der Waals surface area (Å²) >= 11 is 0. The SMILES string of the molecule is COc1cc(-c2cccc3ccccc23)ccc1C. The van der Waals surface area contributed by atoms with Crippen LogP contribution >= 0.6 is 0 Å². The molecule has 0 N–H and O–H groups in total. The Hall–Kier alpha value is -2.28. The number of methoxy groups -OCH3 is 1. The predicted molar refractivity (Wildman–Crippen MR) is 80.7 cm³/mol. The highest BCUT2D eigenvalue weighted by atomic mass is 16.5. The first-order valence-corrected chi connectivity index (χ1v) is 6.42. The van der Waals surface area contributed by atoms with E-state index in [9.17, 15) is 0 Å². The van der Waals surface area contributed by atoms with Crippen molar-refractivity contribution in [3.63, 3.8) is 0 Å². The largest absolute Gasteiger partial charge is 0.496 e. The molecule has 0 atom stereocenters. The van der Waals surface area contributed by atoms with E-state index < -0.39 is 0 Å². The Morgan fingerprint density at radius 1 is 0.842 bits per heavy atom. The molecule has 0 radical (unpaired) electrons. The third-order valence-corrected chi connectivity index (χ3v) is 3.51. The molecule has 0 aromatic heterocycles. The molecular formula is C18H16O. The molecule has 19 heavy (non-hydrogen) atoms. The minimum Gasteiger partial charge on any atom is -0.496 e. The molecule has 0 heterocycles. The average molecular weight is 248 g/mol. The average Bonchev–Trinajstić information content (AvgIpc) is 2.47. The lowest BCUT2D eigenvalue weighted by Crippen LogP contribution is -1.88. The molecule has 94 valence electrons. The molecule has 0 bridgehead atoms. The molecule has 0 spiro atoms. The summed E-state index contributed by atoms with van der Waals surface area (Å²) in [6.07, 6.45) is 0. The minimum atomic E-state index is 0.936. The molecular weight excluding hydrogens is 232 g/mol. The number of hydrogen-bond acceptors (Lipinski definition) is 1. The lowest BCUT2D eigenvalue weighted by molar-refractivity contribution is 0.412. The molecule has 0 unspecified atom stereocenters. The first-order valence-electron chi connectivity index (χ1n) is 6.42. The Morgan fingerprint density at radius 2 is 1.63 bits per heavy atom. The van der Waals surface area contributed by atoms with Crippen molar-refractivity contribution in [3.8, 4) is 16.9 Å². The summed E-state index contributed by atoms with van der Waals surface area (Å²) in [4.78, 5) is 0. The molecule has 0 fully saturated rings. The van der Waals surface area contributed by atoms with Gasteiger partial charge in [-0.25, -0.2) is 0 Å². The predicted octanol–water partition coefficient (Wildman–Crippen LogP) is 4.82. The Kier molecular flexibility index (Phi) is 2.96. The number of hydrogen-bond donors (Lipinski definition) is 0. The number of aryl methyl sites for hydroxylation is 1. The van der Waals surface area contributed by atoms with E-state index >= 15 is 0 Å². The molecule has 0 aliphatic rings. The third-order valence-electron chi connectivity index (χ3n) is 3.51. The van der Waals surface area contributed by atoms with Crippen LogP contribution in [-0.4, -0.2) is 7.11 Å². The van der Waals surface area contributed by atoms with E-state index in [0.717, 1.165) is 11.3 Å². The van der Waals surface area contributed by atoms with Crippen LogP contribution in [0.1, 0.15) is 5.56 Å². The van der Waals surface area contributed by atoms with Crippen molar-refractivity contribution >= 4 is 10.8 Å². The Bertz CT molecular complexity index is 723. The van der Waals surface area contributed by atoms with Gasteiger partial charge in [0.15, 0.2) is 0 Å². The molecule has 0 saturated carbocycles. The van der Waals surface area contributed by atoms with Crippen LogP contribution in [0.2, 0.25) is 0 Å². The van der Waals surface area contributed by atoms with Gasteiger partial charge in [-0.1, -0.05) is 54.6 Å². The Balaban J connectivity index is 2.24. The second-order valence-corrected chi connectivity index (χ2v) is 4.71. The summed E-state index contributed by atoms with van der Waals surface area (Å²) in [7, 11) is 1.72. The molecule has 3 rings (SSSR count). The fourth-order valence-electron chi connectivity index (χ4n) is 2.46. The van der Waals surface area contributed by atoms with E-state index in [4.69, 9.17) is 4.74 Å². The first-order chi connectivity index (χ1) is 9.29. The van der Waals surface area contributed by atoms with E-state index in [0.29, 0.717) is 0 Å². The Labute approximate surface area is 113 Å². The maximum atomic E-state index is 5.42. The van der Waals surface area contributed by atoms with Crippen molar-refractivity contribution in [3.05, 3.63) is 66.2 Å². The standard InChI is InChI=1S/C18H16O/c1-13-10-11-15(12-18(13)19-2)17-9-5-7-14-6-3-4-8-16(14)17/h3-12H,1-2H3. The zero-order valence-corrected chi connectivity index (χ0v) is 11.2. The highest BCUT2D eigenvalue weighted by Gasteiger charge is 2.06. The smallest absolute Gasteiger partial charge is 0.122 e. The van der Waals surface area contributed by atoms with Crippen LogP contribution in [0.3, 0.4) is 0 Å². The van der Waals surface area contributed by atoms with Gasteiger partial charge in [0, 0.05) is 0 Å². The first kappa shape index (κ1) is 11.8. The van der Waals surface area contributed by atoms with Crippen molar-refractivity contribution in [1.82, 2.24) is 0 Å². The highest BCUT2D eigenvalue weighted by molar-refractivity contribution is 5.96. The van der Waals surface area contributed by atoms with E-state index in [1.165, 1.54) is 21.9 Å². The third kappa shape index (κ3) is 2.08. The maximum absolute atomic E-state index is 5.42. The van der Waals surface area contributed by atoms with Crippen LogP contribution in [0.25, 0.3) is 21.9 Å². The Morgan fingerprint density at radius 3 is 2.47 bits per heavy atom.